The molecule has 230 valence electrons. The zero-order valence-corrected chi connectivity index (χ0v) is 25.7. The molecule has 1 unspecified atom stereocenters. The molecule has 0 fully saturated rings. The molecule has 1 N–H and O–H groups in total. The molecule has 8 heteroatoms. The van der Waals surface area contributed by atoms with E-state index >= 15 is 0 Å². The van der Waals surface area contributed by atoms with Crippen molar-refractivity contribution in [2.45, 2.75) is 31.8 Å². The highest BCUT2D eigenvalue weighted by Gasteiger charge is 2.30. The fraction of sp³-hybridized carbons (Fsp3) is 0.278. The second-order valence-electron chi connectivity index (χ2n) is 10.3. The highest BCUT2D eigenvalue weighted by atomic mass is 16.5. The van der Waals surface area contributed by atoms with Gasteiger partial charge >= 0.3 is 0 Å². The smallest absolute Gasteiger partial charge is 0.243 e. The molecule has 4 rings (SSSR count). The van der Waals surface area contributed by atoms with E-state index in [0.29, 0.717) is 42.4 Å². The van der Waals surface area contributed by atoms with E-state index in [1.54, 1.807) is 45.5 Å². The van der Waals surface area contributed by atoms with Gasteiger partial charge in [0.2, 0.25) is 11.8 Å². The summed E-state index contributed by atoms with van der Waals surface area (Å²) >= 11 is 0. The zero-order chi connectivity index (χ0) is 31.3. The molecule has 0 aliphatic carbocycles. The monoisotopic (exact) mass is 596 g/mol. The molecular weight excluding hydrogens is 556 g/mol. The minimum atomic E-state index is -0.740. The number of hydrogen-bond acceptors (Lipinski definition) is 6. The number of benzene rings is 4. The summed E-state index contributed by atoms with van der Waals surface area (Å²) in [5.74, 6) is 2.02. The van der Waals surface area contributed by atoms with E-state index in [2.05, 4.69) is 5.32 Å². The summed E-state index contributed by atoms with van der Waals surface area (Å²) in [6, 6.07) is 29.9. The molecule has 0 saturated heterocycles. The summed E-state index contributed by atoms with van der Waals surface area (Å²) < 4.78 is 21.6. The maximum absolute atomic E-state index is 14.1. The number of rotatable bonds is 15. The lowest BCUT2D eigenvalue weighted by Crippen LogP contribution is -2.51. The van der Waals surface area contributed by atoms with E-state index in [1.807, 2.05) is 84.9 Å². The van der Waals surface area contributed by atoms with Crippen molar-refractivity contribution in [1.82, 2.24) is 10.2 Å². The summed E-state index contributed by atoms with van der Waals surface area (Å²) in [6.45, 7) is 0.677. The van der Waals surface area contributed by atoms with Crippen LogP contribution >= 0.6 is 0 Å². The number of ether oxygens (including phenoxy) is 4. The van der Waals surface area contributed by atoms with E-state index in [-0.39, 0.29) is 24.8 Å². The summed E-state index contributed by atoms with van der Waals surface area (Å²) in [5, 5.41) is 3.09. The fourth-order valence-electron chi connectivity index (χ4n) is 5.08. The minimum absolute atomic E-state index is 0.0946. The van der Waals surface area contributed by atoms with Crippen LogP contribution in [0.4, 0.5) is 0 Å². The van der Waals surface area contributed by atoms with Crippen LogP contribution in [0.1, 0.15) is 22.3 Å². The summed E-state index contributed by atoms with van der Waals surface area (Å²) in [6.07, 6.45) is 1.05. The van der Waals surface area contributed by atoms with Gasteiger partial charge in [-0.25, -0.2) is 0 Å². The molecule has 44 heavy (non-hydrogen) atoms. The molecular formula is C36H40N2O6. The van der Waals surface area contributed by atoms with Crippen molar-refractivity contribution in [1.29, 1.82) is 0 Å². The average molecular weight is 597 g/mol. The number of methoxy groups -OCH3 is 4. The molecule has 8 nitrogen and oxygen atoms in total. The van der Waals surface area contributed by atoms with Crippen LogP contribution in [-0.4, -0.2) is 57.7 Å². The Hall–Kier alpha value is -4.98. The summed E-state index contributed by atoms with van der Waals surface area (Å²) in [7, 11) is 6.33. The Morgan fingerprint density at radius 1 is 0.636 bits per heavy atom. The molecule has 0 heterocycles. The molecule has 0 aliphatic heterocycles. The normalized spacial score (nSPS) is 11.3. The van der Waals surface area contributed by atoms with Gasteiger partial charge in [-0.1, -0.05) is 72.8 Å². The first kappa shape index (κ1) is 31.9. The Bertz CT molecular complexity index is 1510. The van der Waals surface area contributed by atoms with Gasteiger partial charge in [-0.3, -0.25) is 9.59 Å². The summed E-state index contributed by atoms with van der Waals surface area (Å²) in [4.78, 5) is 29.7. The molecule has 1 atom stereocenters. The van der Waals surface area contributed by atoms with E-state index in [0.717, 1.165) is 22.3 Å². The van der Waals surface area contributed by atoms with Crippen molar-refractivity contribution in [3.05, 3.63) is 119 Å². The minimum Gasteiger partial charge on any atom is -0.493 e. The lowest BCUT2D eigenvalue weighted by atomic mass is 10.0. The predicted molar refractivity (Wildman–Crippen MR) is 170 cm³/mol. The lowest BCUT2D eigenvalue weighted by Gasteiger charge is -2.32. The van der Waals surface area contributed by atoms with Gasteiger partial charge in [-0.05, 0) is 52.9 Å². The SMILES string of the molecule is COc1ccc(CCNC(=O)C(Cc2ccccc2)N(Cc2ccccc2)C(=O)Cc2ccc(OC)c(OC)c2)cc1OC. The average Bonchev–Trinajstić information content (AvgIpc) is 3.06. The number of carbonyl (C=O) groups is 2. The van der Waals surface area contributed by atoms with Crippen molar-refractivity contribution < 1.29 is 28.5 Å². The van der Waals surface area contributed by atoms with E-state index < -0.39 is 6.04 Å². The Balaban J connectivity index is 1.60. The molecule has 2 amide bonds. The first-order chi connectivity index (χ1) is 21.4. The van der Waals surface area contributed by atoms with Crippen molar-refractivity contribution >= 4 is 11.8 Å². The van der Waals surface area contributed by atoms with Crippen molar-refractivity contribution in [3.8, 4) is 23.0 Å². The quantitative estimate of drug-likeness (QED) is 0.202. The van der Waals surface area contributed by atoms with E-state index in [9.17, 15) is 9.59 Å². The maximum Gasteiger partial charge on any atom is 0.243 e. The third-order valence-electron chi connectivity index (χ3n) is 7.43. The molecule has 0 spiro atoms. The van der Waals surface area contributed by atoms with Crippen molar-refractivity contribution in [2.75, 3.05) is 35.0 Å². The zero-order valence-electron chi connectivity index (χ0n) is 25.7. The Labute approximate surface area is 259 Å². The molecule has 0 aromatic heterocycles. The fourth-order valence-corrected chi connectivity index (χ4v) is 5.08. The Morgan fingerprint density at radius 3 is 1.73 bits per heavy atom. The van der Waals surface area contributed by atoms with Crippen LogP contribution in [0.15, 0.2) is 97.1 Å². The van der Waals surface area contributed by atoms with Gasteiger partial charge in [-0.2, -0.15) is 0 Å². The highest BCUT2D eigenvalue weighted by molar-refractivity contribution is 5.89. The van der Waals surface area contributed by atoms with Crippen LogP contribution in [0.2, 0.25) is 0 Å². The number of nitrogens with one attached hydrogen (secondary N) is 1. The number of carbonyl (C=O) groups excluding carboxylic acids is 2. The first-order valence-electron chi connectivity index (χ1n) is 14.5. The Kier molecular flexibility index (Phi) is 11.6. The second kappa shape index (κ2) is 16.0. The van der Waals surface area contributed by atoms with Gasteiger partial charge in [0.1, 0.15) is 6.04 Å². The van der Waals surface area contributed by atoms with Crippen LogP contribution < -0.4 is 24.3 Å². The number of amides is 2. The molecule has 0 saturated carbocycles. The van der Waals surface area contributed by atoms with Crippen molar-refractivity contribution in [3.63, 3.8) is 0 Å². The van der Waals surface area contributed by atoms with Gasteiger partial charge in [0.15, 0.2) is 23.0 Å². The van der Waals surface area contributed by atoms with Gasteiger partial charge in [0.25, 0.3) is 0 Å². The highest BCUT2D eigenvalue weighted by Crippen LogP contribution is 2.29. The largest absolute Gasteiger partial charge is 0.493 e. The van der Waals surface area contributed by atoms with E-state index in [4.69, 9.17) is 18.9 Å². The molecule has 0 aliphatic rings. The van der Waals surface area contributed by atoms with Crippen LogP contribution in [-0.2, 0) is 35.4 Å². The lowest BCUT2D eigenvalue weighted by molar-refractivity contribution is -0.140. The van der Waals surface area contributed by atoms with Crippen LogP contribution in [0, 0.1) is 0 Å². The first-order valence-corrected chi connectivity index (χ1v) is 14.5. The molecule has 4 aromatic carbocycles. The summed E-state index contributed by atoms with van der Waals surface area (Å²) in [5.41, 5.74) is 3.65. The van der Waals surface area contributed by atoms with Gasteiger partial charge < -0.3 is 29.2 Å². The maximum atomic E-state index is 14.1. The third kappa shape index (κ3) is 8.53. The number of nitrogens with zero attached hydrogens (tertiary/aromatic N) is 1. The molecule has 0 bridgehead atoms. The van der Waals surface area contributed by atoms with Crippen LogP contribution in [0.25, 0.3) is 0 Å². The van der Waals surface area contributed by atoms with Crippen LogP contribution in [0.3, 0.4) is 0 Å². The molecule has 4 aromatic rings. The predicted octanol–water partition coefficient (Wildman–Crippen LogP) is 5.26. The van der Waals surface area contributed by atoms with Crippen LogP contribution in [0.5, 0.6) is 23.0 Å². The molecule has 0 radical (unpaired) electrons. The second-order valence-corrected chi connectivity index (χ2v) is 10.3. The van der Waals surface area contributed by atoms with Crippen molar-refractivity contribution in [2.24, 2.45) is 0 Å². The van der Waals surface area contributed by atoms with Gasteiger partial charge in [0, 0.05) is 19.5 Å². The van der Waals surface area contributed by atoms with E-state index in [1.165, 1.54) is 0 Å². The third-order valence-corrected chi connectivity index (χ3v) is 7.43. The topological polar surface area (TPSA) is 86.3 Å². The Morgan fingerprint density at radius 2 is 1.16 bits per heavy atom. The standard InChI is InChI=1S/C36H40N2O6/c1-41-31-17-15-27(22-33(31)43-3)19-20-37-36(40)30(21-26-11-7-5-8-12-26)38(25-28-13-9-6-10-14-28)35(39)24-29-16-18-32(42-2)34(23-29)44-4/h5-18,22-23,30H,19-21,24-25H2,1-4H3,(H,37,40). The van der Waals surface area contributed by atoms with Gasteiger partial charge in [0.05, 0.1) is 34.9 Å². The van der Waals surface area contributed by atoms with Gasteiger partial charge in [-0.15, -0.1) is 0 Å². The number of hydrogen-bond donors (Lipinski definition) is 1.